The first-order chi connectivity index (χ1) is 20.1. The molecular weight excluding hydrogens is 553 g/mol. The van der Waals surface area contributed by atoms with Crippen molar-refractivity contribution in [2.24, 2.45) is 0 Å². The Kier molecular flexibility index (Phi) is 6.72. The summed E-state index contributed by atoms with van der Waals surface area (Å²) in [4.78, 5) is 23.0. The van der Waals surface area contributed by atoms with E-state index < -0.39 is 35.0 Å². The van der Waals surface area contributed by atoms with Crippen LogP contribution in [0, 0.1) is 0 Å². The van der Waals surface area contributed by atoms with Crippen LogP contribution in [0.25, 0.3) is 27.7 Å². The molecule has 5 aromatic rings. The van der Waals surface area contributed by atoms with Crippen molar-refractivity contribution < 1.29 is 27.8 Å². The third kappa shape index (κ3) is 4.87. The van der Waals surface area contributed by atoms with Gasteiger partial charge in [0.2, 0.25) is 0 Å². The van der Waals surface area contributed by atoms with E-state index in [9.17, 15) is 23.1 Å². The minimum atomic E-state index is -4.74. The van der Waals surface area contributed by atoms with Crippen molar-refractivity contribution in [2.75, 3.05) is 24.6 Å². The fourth-order valence-electron chi connectivity index (χ4n) is 5.26. The quantitative estimate of drug-likeness (QED) is 0.276. The monoisotopic (exact) mass is 580 g/mol. The van der Waals surface area contributed by atoms with Gasteiger partial charge in [-0.2, -0.15) is 18.3 Å². The molecule has 218 valence electrons. The Morgan fingerprint density at radius 2 is 2.10 bits per heavy atom. The third-order valence-corrected chi connectivity index (χ3v) is 7.55. The predicted octanol–water partition coefficient (Wildman–Crippen LogP) is 3.84. The number of piperidine rings is 1. The van der Waals surface area contributed by atoms with Crippen LogP contribution in [0.15, 0.2) is 55.1 Å². The largest absolute Gasteiger partial charge is 0.492 e. The summed E-state index contributed by atoms with van der Waals surface area (Å²) in [6.45, 7) is 4.51. The van der Waals surface area contributed by atoms with Gasteiger partial charge in [0.25, 0.3) is 5.91 Å². The van der Waals surface area contributed by atoms with Crippen molar-refractivity contribution >= 4 is 28.3 Å². The van der Waals surface area contributed by atoms with E-state index in [0.717, 1.165) is 40.4 Å². The van der Waals surface area contributed by atoms with E-state index in [2.05, 4.69) is 30.6 Å². The van der Waals surface area contributed by atoms with E-state index in [-0.39, 0.29) is 13.0 Å². The maximum absolute atomic E-state index is 13.4. The zero-order valence-corrected chi connectivity index (χ0v) is 22.7. The Morgan fingerprint density at radius 1 is 1.26 bits per heavy atom. The number of β-amino-alcohol motifs (C(OH)–C–C–N with tert-alkyl or cyclic N) is 1. The number of pyridine rings is 3. The highest BCUT2D eigenvalue weighted by Gasteiger charge is 2.42. The maximum atomic E-state index is 13.4. The Balaban J connectivity index is 1.21. The third-order valence-electron chi connectivity index (χ3n) is 7.55. The lowest BCUT2D eigenvalue weighted by Gasteiger charge is -2.44. The molecule has 1 fully saturated rings. The lowest BCUT2D eigenvalue weighted by Crippen LogP contribution is -2.62. The molecule has 0 spiro atoms. The fourth-order valence-corrected chi connectivity index (χ4v) is 5.26. The average molecular weight is 581 g/mol. The SMILES string of the molecule is CCOc1cc(-c2ccc(N3CC[C@@](C)(NC(=O)c4ncccc4C(F)(F)F)[C@@H](O)C3)nc2)c2c3cn[nH]c3nn2c1. The van der Waals surface area contributed by atoms with Crippen molar-refractivity contribution in [1.82, 2.24) is 35.1 Å². The summed E-state index contributed by atoms with van der Waals surface area (Å²) in [6, 6.07) is 7.60. The molecule has 6 heterocycles. The van der Waals surface area contributed by atoms with Gasteiger partial charge >= 0.3 is 6.18 Å². The molecule has 11 nitrogen and oxygen atoms in total. The molecule has 1 aliphatic heterocycles. The Hall–Kier alpha value is -4.72. The number of carbonyl (C=O) groups is 1. The second-order valence-corrected chi connectivity index (χ2v) is 10.3. The Bertz CT molecular complexity index is 1770. The average Bonchev–Trinajstić information content (AvgIpc) is 3.55. The number of aromatic nitrogens is 6. The normalized spacial score (nSPS) is 19.4. The minimum absolute atomic E-state index is 0.111. The number of carbonyl (C=O) groups excluding carboxylic acids is 1. The number of rotatable bonds is 6. The highest BCUT2D eigenvalue weighted by Crippen LogP contribution is 2.35. The number of alkyl halides is 3. The van der Waals surface area contributed by atoms with Crippen LogP contribution in [0.4, 0.5) is 19.0 Å². The van der Waals surface area contributed by atoms with Crippen LogP contribution in [-0.4, -0.2) is 72.1 Å². The van der Waals surface area contributed by atoms with Gasteiger partial charge in [-0.25, -0.2) is 9.50 Å². The summed E-state index contributed by atoms with van der Waals surface area (Å²) in [5.41, 5.74) is 0.131. The lowest BCUT2D eigenvalue weighted by molar-refractivity contribution is -0.138. The number of ether oxygens (including phenoxy) is 1. The number of aliphatic hydroxyl groups is 1. The first kappa shape index (κ1) is 27.4. The second kappa shape index (κ2) is 10.3. The molecule has 0 saturated carbocycles. The summed E-state index contributed by atoms with van der Waals surface area (Å²) in [7, 11) is 0. The van der Waals surface area contributed by atoms with E-state index in [1.807, 2.05) is 30.0 Å². The maximum Gasteiger partial charge on any atom is 0.418 e. The fraction of sp³-hybridized carbons (Fsp3) is 0.321. The molecule has 2 atom stereocenters. The van der Waals surface area contributed by atoms with Crippen LogP contribution >= 0.6 is 0 Å². The van der Waals surface area contributed by atoms with Crippen LogP contribution in [0.1, 0.15) is 36.3 Å². The lowest BCUT2D eigenvalue weighted by atomic mass is 9.86. The molecule has 1 aliphatic rings. The Morgan fingerprint density at radius 3 is 2.81 bits per heavy atom. The number of aromatic amines is 1. The number of H-pyrrole nitrogens is 1. The molecule has 5 aromatic heterocycles. The summed E-state index contributed by atoms with van der Waals surface area (Å²) >= 11 is 0. The predicted molar refractivity (Wildman–Crippen MR) is 147 cm³/mol. The summed E-state index contributed by atoms with van der Waals surface area (Å²) in [5.74, 6) is 0.262. The van der Waals surface area contributed by atoms with E-state index >= 15 is 0 Å². The zero-order chi connectivity index (χ0) is 29.6. The number of fused-ring (bicyclic) bond motifs is 3. The molecule has 1 saturated heterocycles. The topological polar surface area (TPSA) is 134 Å². The molecule has 3 N–H and O–H groups in total. The molecule has 0 unspecified atom stereocenters. The number of halogens is 3. The number of anilines is 1. The number of aliphatic hydroxyl groups excluding tert-OH is 1. The standard InChI is InChI=1S/C28H27F3N8O3/c1-3-42-17-11-18(24-19-13-34-36-25(19)37-39(24)14-17)16-6-7-22(33-12-16)38-10-8-27(2,21(40)15-38)35-26(41)23-20(28(29,30)31)5-4-9-32-23/h4-7,9,11-14,21,40H,3,8,10,15H2,1-2H3,(H,35,41)(H,36,37)/t21-,27+/m0/s1. The number of hydrogen-bond donors (Lipinski definition) is 3. The van der Waals surface area contributed by atoms with Gasteiger partial charge in [-0.1, -0.05) is 0 Å². The number of hydrogen-bond acceptors (Lipinski definition) is 8. The molecule has 1 amide bonds. The minimum Gasteiger partial charge on any atom is -0.492 e. The van der Waals surface area contributed by atoms with Crippen LogP contribution < -0.4 is 15.0 Å². The molecule has 6 rings (SSSR count). The van der Waals surface area contributed by atoms with Gasteiger partial charge in [0.15, 0.2) is 5.65 Å². The van der Waals surface area contributed by atoms with Crippen molar-refractivity contribution in [1.29, 1.82) is 0 Å². The first-order valence-corrected chi connectivity index (χ1v) is 13.3. The van der Waals surface area contributed by atoms with Crippen LogP contribution in [0.2, 0.25) is 0 Å². The van der Waals surface area contributed by atoms with Gasteiger partial charge in [-0.3, -0.25) is 14.9 Å². The highest BCUT2D eigenvalue weighted by molar-refractivity contribution is 6.01. The smallest absolute Gasteiger partial charge is 0.418 e. The van der Waals surface area contributed by atoms with E-state index in [1.54, 1.807) is 30.0 Å². The molecular formula is C28H27F3N8O3. The molecule has 0 bridgehead atoms. The summed E-state index contributed by atoms with van der Waals surface area (Å²) in [5, 5.41) is 26.0. The van der Waals surface area contributed by atoms with E-state index in [4.69, 9.17) is 4.74 Å². The van der Waals surface area contributed by atoms with Gasteiger partial charge in [-0.15, -0.1) is 5.10 Å². The van der Waals surface area contributed by atoms with Crippen molar-refractivity contribution in [3.05, 3.63) is 66.4 Å². The van der Waals surface area contributed by atoms with E-state index in [0.29, 0.717) is 30.4 Å². The molecule has 42 heavy (non-hydrogen) atoms. The molecule has 14 heteroatoms. The molecule has 0 aliphatic carbocycles. The first-order valence-electron chi connectivity index (χ1n) is 13.3. The van der Waals surface area contributed by atoms with Crippen LogP contribution in [0.5, 0.6) is 5.75 Å². The highest BCUT2D eigenvalue weighted by atomic mass is 19.4. The van der Waals surface area contributed by atoms with Gasteiger partial charge in [0.05, 0.1) is 47.1 Å². The van der Waals surface area contributed by atoms with Crippen molar-refractivity contribution in [3.63, 3.8) is 0 Å². The number of amides is 1. The van der Waals surface area contributed by atoms with Crippen molar-refractivity contribution in [3.8, 4) is 16.9 Å². The zero-order valence-electron chi connectivity index (χ0n) is 22.7. The number of nitrogens with zero attached hydrogens (tertiary/aromatic N) is 6. The van der Waals surface area contributed by atoms with Crippen LogP contribution in [-0.2, 0) is 6.18 Å². The van der Waals surface area contributed by atoms with Gasteiger partial charge < -0.3 is 20.1 Å². The molecule has 0 aromatic carbocycles. The van der Waals surface area contributed by atoms with Gasteiger partial charge in [0, 0.05) is 36.6 Å². The summed E-state index contributed by atoms with van der Waals surface area (Å²) < 4.78 is 47.7. The second-order valence-electron chi connectivity index (χ2n) is 10.3. The van der Waals surface area contributed by atoms with E-state index in [1.165, 1.54) is 0 Å². The Labute approximate surface area is 237 Å². The van der Waals surface area contributed by atoms with Crippen LogP contribution in [0.3, 0.4) is 0 Å². The summed E-state index contributed by atoms with van der Waals surface area (Å²) in [6.07, 6.45) is 0.819. The van der Waals surface area contributed by atoms with Gasteiger partial charge in [0.1, 0.15) is 17.3 Å². The van der Waals surface area contributed by atoms with Gasteiger partial charge in [-0.05, 0) is 50.6 Å². The molecule has 0 radical (unpaired) electrons. The number of nitrogens with one attached hydrogen (secondary N) is 2. The van der Waals surface area contributed by atoms with Crippen molar-refractivity contribution in [2.45, 2.75) is 38.1 Å².